The van der Waals surface area contributed by atoms with Gasteiger partial charge in [-0.3, -0.25) is 4.79 Å². The first kappa shape index (κ1) is 19.9. The van der Waals surface area contributed by atoms with E-state index in [2.05, 4.69) is 20.8 Å². The van der Waals surface area contributed by atoms with E-state index in [1.54, 1.807) is 31.3 Å². The predicted molar refractivity (Wildman–Crippen MR) is 102 cm³/mol. The van der Waals surface area contributed by atoms with Crippen molar-refractivity contribution >= 4 is 17.7 Å². The maximum atomic E-state index is 13.7. The number of thioether (sulfide) groups is 1. The minimum Gasteiger partial charge on any atom is -0.349 e. The van der Waals surface area contributed by atoms with Gasteiger partial charge >= 0.3 is 0 Å². The molecule has 1 N–H and O–H groups in total. The molecule has 3 aromatic rings. The second kappa shape index (κ2) is 9.41. The molecule has 3 rings (SSSR count). The second-order valence-corrected chi connectivity index (χ2v) is 7.25. The summed E-state index contributed by atoms with van der Waals surface area (Å²) in [4.78, 5) is 12.4. The van der Waals surface area contributed by atoms with Crippen molar-refractivity contribution in [3.8, 4) is 0 Å². The standard InChI is InChI=1S/C19H19F2N5OS/c1-26-19(23-24-25-26)28-9-8-18(27)22-17(14-5-3-7-16(21)12-14)11-13-4-2-6-15(20)10-13/h2-7,10,12,17H,8-9,11H2,1H3,(H,22,27). The van der Waals surface area contributed by atoms with Gasteiger partial charge in [0, 0.05) is 19.2 Å². The van der Waals surface area contributed by atoms with Gasteiger partial charge in [0.15, 0.2) is 0 Å². The van der Waals surface area contributed by atoms with Crippen LogP contribution < -0.4 is 5.32 Å². The first-order chi connectivity index (χ1) is 13.5. The Morgan fingerprint density at radius 1 is 1.18 bits per heavy atom. The van der Waals surface area contributed by atoms with Gasteiger partial charge in [0.05, 0.1) is 6.04 Å². The van der Waals surface area contributed by atoms with E-state index in [1.165, 1.54) is 40.7 Å². The van der Waals surface area contributed by atoms with Crippen LogP contribution in [0.2, 0.25) is 0 Å². The molecule has 0 radical (unpaired) electrons. The molecule has 0 saturated heterocycles. The number of hydrogen-bond acceptors (Lipinski definition) is 5. The Labute approximate surface area is 165 Å². The maximum Gasteiger partial charge on any atom is 0.221 e. The van der Waals surface area contributed by atoms with E-state index in [-0.39, 0.29) is 24.0 Å². The zero-order valence-electron chi connectivity index (χ0n) is 15.2. The third-order valence-corrected chi connectivity index (χ3v) is 5.07. The normalized spacial score (nSPS) is 12.0. The van der Waals surface area contributed by atoms with Crippen molar-refractivity contribution < 1.29 is 13.6 Å². The quantitative estimate of drug-likeness (QED) is 0.585. The van der Waals surface area contributed by atoms with Crippen molar-refractivity contribution in [2.45, 2.75) is 24.0 Å². The van der Waals surface area contributed by atoms with Gasteiger partial charge in [-0.2, -0.15) is 0 Å². The highest BCUT2D eigenvalue weighted by Crippen LogP contribution is 2.21. The van der Waals surface area contributed by atoms with Gasteiger partial charge in [-0.25, -0.2) is 13.5 Å². The molecule has 146 valence electrons. The Hall–Kier alpha value is -2.81. The molecular weight excluding hydrogens is 384 g/mol. The van der Waals surface area contributed by atoms with Crippen LogP contribution in [0.1, 0.15) is 23.6 Å². The molecule has 0 aliphatic heterocycles. The molecular formula is C19H19F2N5OS. The summed E-state index contributed by atoms with van der Waals surface area (Å²) in [5.41, 5.74) is 1.34. The molecule has 1 atom stereocenters. The summed E-state index contributed by atoms with van der Waals surface area (Å²) in [5, 5.41) is 14.7. The number of aryl methyl sites for hydroxylation is 1. The summed E-state index contributed by atoms with van der Waals surface area (Å²) >= 11 is 1.37. The highest BCUT2D eigenvalue weighted by molar-refractivity contribution is 7.99. The number of halogens is 2. The van der Waals surface area contributed by atoms with Gasteiger partial charge in [-0.1, -0.05) is 36.0 Å². The Kier molecular flexibility index (Phi) is 6.70. The Balaban J connectivity index is 1.66. The summed E-state index contributed by atoms with van der Waals surface area (Å²) < 4.78 is 28.7. The van der Waals surface area contributed by atoms with Crippen LogP contribution in [0.5, 0.6) is 0 Å². The Bertz CT molecular complexity index is 949. The van der Waals surface area contributed by atoms with E-state index in [9.17, 15) is 13.6 Å². The third-order valence-electron chi connectivity index (χ3n) is 4.06. The summed E-state index contributed by atoms with van der Waals surface area (Å²) in [6.07, 6.45) is 0.597. The van der Waals surface area contributed by atoms with E-state index in [0.717, 1.165) is 0 Å². The average molecular weight is 403 g/mol. The van der Waals surface area contributed by atoms with E-state index >= 15 is 0 Å². The maximum absolute atomic E-state index is 13.7. The molecule has 0 aliphatic rings. The van der Waals surface area contributed by atoms with E-state index in [0.29, 0.717) is 28.5 Å². The minimum absolute atomic E-state index is 0.187. The van der Waals surface area contributed by atoms with E-state index < -0.39 is 6.04 Å². The molecule has 0 bridgehead atoms. The van der Waals surface area contributed by atoms with Crippen molar-refractivity contribution in [2.24, 2.45) is 7.05 Å². The predicted octanol–water partition coefficient (Wildman–Crippen LogP) is 3.07. The molecule has 1 unspecified atom stereocenters. The van der Waals surface area contributed by atoms with Crippen LogP contribution in [-0.2, 0) is 18.3 Å². The number of aromatic nitrogens is 4. The summed E-state index contributed by atoms with van der Waals surface area (Å²) in [7, 11) is 1.72. The number of carbonyl (C=O) groups excluding carboxylic acids is 1. The van der Waals surface area contributed by atoms with Gasteiger partial charge < -0.3 is 5.32 Å². The lowest BCUT2D eigenvalue weighted by atomic mass is 9.98. The van der Waals surface area contributed by atoms with Crippen LogP contribution in [0.4, 0.5) is 8.78 Å². The molecule has 0 saturated carbocycles. The number of nitrogens with one attached hydrogen (secondary N) is 1. The lowest BCUT2D eigenvalue weighted by Crippen LogP contribution is -2.30. The fourth-order valence-electron chi connectivity index (χ4n) is 2.72. The monoisotopic (exact) mass is 403 g/mol. The fraction of sp³-hybridized carbons (Fsp3) is 0.263. The Morgan fingerprint density at radius 2 is 1.93 bits per heavy atom. The molecule has 6 nitrogen and oxygen atoms in total. The van der Waals surface area contributed by atoms with Crippen LogP contribution in [-0.4, -0.2) is 31.9 Å². The molecule has 2 aromatic carbocycles. The van der Waals surface area contributed by atoms with Crippen LogP contribution >= 0.6 is 11.8 Å². The van der Waals surface area contributed by atoms with Gasteiger partial charge in [0.25, 0.3) is 0 Å². The highest BCUT2D eigenvalue weighted by Gasteiger charge is 2.17. The molecule has 0 spiro atoms. The van der Waals surface area contributed by atoms with Crippen molar-refractivity contribution in [1.29, 1.82) is 0 Å². The zero-order valence-corrected chi connectivity index (χ0v) is 16.0. The number of nitrogens with zero attached hydrogens (tertiary/aromatic N) is 4. The number of tetrazole rings is 1. The molecule has 0 fully saturated rings. The Morgan fingerprint density at radius 3 is 2.61 bits per heavy atom. The molecule has 1 heterocycles. The van der Waals surface area contributed by atoms with Gasteiger partial charge in [0.2, 0.25) is 11.1 Å². The fourth-order valence-corrected chi connectivity index (χ4v) is 3.51. The number of hydrogen-bond donors (Lipinski definition) is 1. The summed E-state index contributed by atoms with van der Waals surface area (Å²) in [6, 6.07) is 11.7. The van der Waals surface area contributed by atoms with E-state index in [1.807, 2.05) is 0 Å². The number of amides is 1. The van der Waals surface area contributed by atoms with Crippen LogP contribution in [0.25, 0.3) is 0 Å². The topological polar surface area (TPSA) is 72.7 Å². The number of rotatable bonds is 8. The van der Waals surface area contributed by atoms with Crippen molar-refractivity contribution in [3.05, 3.63) is 71.3 Å². The molecule has 0 aliphatic carbocycles. The zero-order chi connectivity index (χ0) is 19.9. The van der Waals surface area contributed by atoms with Crippen molar-refractivity contribution in [2.75, 3.05) is 5.75 Å². The van der Waals surface area contributed by atoms with Crippen LogP contribution in [0, 0.1) is 11.6 Å². The van der Waals surface area contributed by atoms with Crippen LogP contribution in [0.3, 0.4) is 0 Å². The largest absolute Gasteiger partial charge is 0.349 e. The first-order valence-electron chi connectivity index (χ1n) is 8.65. The SMILES string of the molecule is Cn1nnnc1SCCC(=O)NC(Cc1cccc(F)c1)c1cccc(F)c1. The number of carbonyl (C=O) groups is 1. The second-order valence-electron chi connectivity index (χ2n) is 6.19. The molecule has 9 heteroatoms. The van der Waals surface area contributed by atoms with Crippen LogP contribution in [0.15, 0.2) is 53.7 Å². The van der Waals surface area contributed by atoms with Crippen molar-refractivity contribution in [3.63, 3.8) is 0 Å². The van der Waals surface area contributed by atoms with Gasteiger partial charge in [-0.05, 0) is 52.2 Å². The third kappa shape index (κ3) is 5.59. The van der Waals surface area contributed by atoms with Crippen molar-refractivity contribution in [1.82, 2.24) is 25.5 Å². The summed E-state index contributed by atoms with van der Waals surface area (Å²) in [6.45, 7) is 0. The molecule has 1 amide bonds. The van der Waals surface area contributed by atoms with E-state index in [4.69, 9.17) is 0 Å². The lowest BCUT2D eigenvalue weighted by molar-refractivity contribution is -0.121. The lowest BCUT2D eigenvalue weighted by Gasteiger charge is -2.20. The first-order valence-corrected chi connectivity index (χ1v) is 9.64. The minimum atomic E-state index is -0.466. The number of benzene rings is 2. The highest BCUT2D eigenvalue weighted by atomic mass is 32.2. The smallest absolute Gasteiger partial charge is 0.221 e. The molecule has 28 heavy (non-hydrogen) atoms. The average Bonchev–Trinajstić information content (AvgIpc) is 3.06. The molecule has 1 aromatic heterocycles. The summed E-state index contributed by atoms with van der Waals surface area (Å²) in [5.74, 6) is -0.430. The van der Waals surface area contributed by atoms with Gasteiger partial charge in [-0.15, -0.1) is 5.10 Å². The van der Waals surface area contributed by atoms with Gasteiger partial charge in [0.1, 0.15) is 11.6 Å².